The van der Waals surface area contributed by atoms with Crippen molar-refractivity contribution in [3.63, 3.8) is 0 Å². The molecule has 0 aliphatic carbocycles. The average Bonchev–Trinajstić information content (AvgIpc) is 2.49. The Balaban J connectivity index is 2.47. The largest absolute Gasteiger partial charge is 0.497 e. The molecule has 1 aliphatic rings. The summed E-state index contributed by atoms with van der Waals surface area (Å²) >= 11 is 0. The number of nitrogens with zero attached hydrogens (tertiary/aromatic N) is 1. The van der Waals surface area contributed by atoms with Crippen LogP contribution in [0.4, 0.5) is 0 Å². The maximum atomic E-state index is 13.0. The molecule has 5 heteroatoms. The number of amides is 2. The van der Waals surface area contributed by atoms with E-state index in [0.717, 1.165) is 24.3 Å². The van der Waals surface area contributed by atoms with Gasteiger partial charge in [0.2, 0.25) is 11.8 Å². The molecule has 2 amide bonds. The van der Waals surface area contributed by atoms with Crippen molar-refractivity contribution >= 4 is 11.8 Å². The van der Waals surface area contributed by atoms with Crippen molar-refractivity contribution in [2.45, 2.75) is 38.5 Å². The Kier molecular flexibility index (Phi) is 5.33. The third kappa shape index (κ3) is 3.31. The predicted octanol–water partition coefficient (Wildman–Crippen LogP) is 2.35. The number of piperidine rings is 1. The highest BCUT2D eigenvalue weighted by Gasteiger charge is 2.55. The number of methoxy groups -OCH3 is 1. The summed E-state index contributed by atoms with van der Waals surface area (Å²) in [6.45, 7) is 4.93. The Hall–Kier alpha value is -1.88. The SMILES string of the molecule is COc1ccc(C2(CCCN(C)C)C(=O)NC(=O)CC2(C)C)cc1. The molecule has 2 rings (SSSR count). The van der Waals surface area contributed by atoms with Gasteiger partial charge in [0.25, 0.3) is 0 Å². The highest BCUT2D eigenvalue weighted by Crippen LogP contribution is 2.50. The quantitative estimate of drug-likeness (QED) is 0.813. The number of ether oxygens (including phenoxy) is 1. The van der Waals surface area contributed by atoms with E-state index in [1.807, 2.05) is 52.2 Å². The molecular formula is C19H28N2O3. The van der Waals surface area contributed by atoms with Gasteiger partial charge in [-0.25, -0.2) is 0 Å². The molecule has 0 aromatic heterocycles. The van der Waals surface area contributed by atoms with E-state index in [1.54, 1.807) is 7.11 Å². The lowest BCUT2D eigenvalue weighted by molar-refractivity contribution is -0.145. The molecule has 1 saturated heterocycles. The van der Waals surface area contributed by atoms with Crippen LogP contribution in [0.15, 0.2) is 24.3 Å². The van der Waals surface area contributed by atoms with Crippen molar-refractivity contribution in [3.8, 4) is 5.75 Å². The van der Waals surface area contributed by atoms with Crippen LogP contribution in [0.25, 0.3) is 0 Å². The summed E-state index contributed by atoms with van der Waals surface area (Å²) in [5, 5.41) is 2.57. The van der Waals surface area contributed by atoms with Gasteiger partial charge in [0.15, 0.2) is 0 Å². The van der Waals surface area contributed by atoms with Gasteiger partial charge in [-0.3, -0.25) is 14.9 Å². The minimum absolute atomic E-state index is 0.187. The normalized spacial score (nSPS) is 23.2. The maximum Gasteiger partial charge on any atom is 0.237 e. The fourth-order valence-electron chi connectivity index (χ4n) is 3.79. The highest BCUT2D eigenvalue weighted by atomic mass is 16.5. The van der Waals surface area contributed by atoms with Crippen LogP contribution in [0.3, 0.4) is 0 Å². The molecule has 1 aliphatic heterocycles. The molecule has 1 aromatic rings. The summed E-state index contributed by atoms with van der Waals surface area (Å²) in [5.41, 5.74) is -0.228. The number of benzene rings is 1. The van der Waals surface area contributed by atoms with Crippen LogP contribution < -0.4 is 10.1 Å². The van der Waals surface area contributed by atoms with Crippen molar-refractivity contribution in [1.82, 2.24) is 10.2 Å². The second-order valence-corrected chi connectivity index (χ2v) is 7.48. The van der Waals surface area contributed by atoms with E-state index in [1.165, 1.54) is 0 Å². The monoisotopic (exact) mass is 332 g/mol. The van der Waals surface area contributed by atoms with E-state index in [9.17, 15) is 9.59 Å². The molecule has 5 nitrogen and oxygen atoms in total. The number of carbonyl (C=O) groups is 2. The van der Waals surface area contributed by atoms with Crippen LogP contribution in [0.2, 0.25) is 0 Å². The second kappa shape index (κ2) is 6.93. The van der Waals surface area contributed by atoms with Gasteiger partial charge in [-0.1, -0.05) is 26.0 Å². The molecule has 132 valence electrons. The number of imide groups is 1. The zero-order chi connectivity index (χ0) is 18.0. The van der Waals surface area contributed by atoms with Gasteiger partial charge in [-0.05, 0) is 56.6 Å². The van der Waals surface area contributed by atoms with Gasteiger partial charge in [-0.2, -0.15) is 0 Å². The summed E-state index contributed by atoms with van der Waals surface area (Å²) in [7, 11) is 5.67. The van der Waals surface area contributed by atoms with Crippen LogP contribution >= 0.6 is 0 Å². The Morgan fingerprint density at radius 3 is 2.29 bits per heavy atom. The molecule has 24 heavy (non-hydrogen) atoms. The lowest BCUT2D eigenvalue weighted by Gasteiger charge is -2.48. The van der Waals surface area contributed by atoms with Crippen molar-refractivity contribution in [2.24, 2.45) is 5.41 Å². The fourth-order valence-corrected chi connectivity index (χ4v) is 3.79. The van der Waals surface area contributed by atoms with Gasteiger partial charge >= 0.3 is 0 Å². The van der Waals surface area contributed by atoms with Crippen LogP contribution in [-0.2, 0) is 15.0 Å². The molecule has 1 fully saturated rings. The first-order valence-electron chi connectivity index (χ1n) is 8.36. The van der Waals surface area contributed by atoms with Gasteiger partial charge in [0, 0.05) is 6.42 Å². The first-order valence-corrected chi connectivity index (χ1v) is 8.36. The van der Waals surface area contributed by atoms with Gasteiger partial charge in [0.1, 0.15) is 5.75 Å². The van der Waals surface area contributed by atoms with E-state index in [4.69, 9.17) is 4.74 Å². The molecule has 0 saturated carbocycles. The van der Waals surface area contributed by atoms with Crippen LogP contribution in [0, 0.1) is 5.41 Å². The van der Waals surface area contributed by atoms with E-state index in [0.29, 0.717) is 12.8 Å². The smallest absolute Gasteiger partial charge is 0.237 e. The molecular weight excluding hydrogens is 304 g/mol. The van der Waals surface area contributed by atoms with Gasteiger partial charge < -0.3 is 9.64 Å². The summed E-state index contributed by atoms with van der Waals surface area (Å²) in [5.74, 6) is 0.377. The lowest BCUT2D eigenvalue weighted by atomic mass is 9.56. The molecule has 0 bridgehead atoms. The molecule has 1 aromatic carbocycles. The minimum atomic E-state index is -0.719. The molecule has 1 N–H and O–H groups in total. The first kappa shape index (κ1) is 18.5. The fraction of sp³-hybridized carbons (Fsp3) is 0.579. The van der Waals surface area contributed by atoms with Gasteiger partial charge in [-0.15, -0.1) is 0 Å². The van der Waals surface area contributed by atoms with Crippen molar-refractivity contribution < 1.29 is 14.3 Å². The number of carbonyl (C=O) groups excluding carboxylic acids is 2. The Labute approximate surface area is 144 Å². The molecule has 1 heterocycles. The Morgan fingerprint density at radius 2 is 1.79 bits per heavy atom. The lowest BCUT2D eigenvalue weighted by Crippen LogP contribution is -2.61. The Morgan fingerprint density at radius 1 is 1.17 bits per heavy atom. The van der Waals surface area contributed by atoms with E-state index in [2.05, 4.69) is 10.2 Å². The third-order valence-corrected chi connectivity index (χ3v) is 5.14. The number of hydrogen-bond donors (Lipinski definition) is 1. The van der Waals surface area contributed by atoms with Crippen molar-refractivity contribution in [2.75, 3.05) is 27.7 Å². The average molecular weight is 332 g/mol. The third-order valence-electron chi connectivity index (χ3n) is 5.14. The maximum absolute atomic E-state index is 13.0. The van der Waals surface area contributed by atoms with Crippen LogP contribution in [-0.4, -0.2) is 44.5 Å². The number of nitrogens with one attached hydrogen (secondary N) is 1. The van der Waals surface area contributed by atoms with E-state index in [-0.39, 0.29) is 11.8 Å². The Bertz CT molecular complexity index is 608. The van der Waals surface area contributed by atoms with E-state index >= 15 is 0 Å². The number of hydrogen-bond acceptors (Lipinski definition) is 4. The van der Waals surface area contributed by atoms with Crippen LogP contribution in [0.1, 0.15) is 38.7 Å². The highest BCUT2D eigenvalue weighted by molar-refractivity contribution is 6.04. The molecule has 0 spiro atoms. The molecule has 0 radical (unpaired) electrons. The topological polar surface area (TPSA) is 58.6 Å². The molecule has 1 unspecified atom stereocenters. The molecule has 1 atom stereocenters. The number of rotatable bonds is 6. The zero-order valence-electron chi connectivity index (χ0n) is 15.3. The standard InChI is InChI=1S/C19H28N2O3/c1-18(2)13-16(22)20-17(23)19(18,11-6-12-21(3)4)14-7-9-15(24-5)10-8-14/h7-10H,6,11-13H2,1-5H3,(H,20,22,23). The summed E-state index contributed by atoms with van der Waals surface area (Å²) in [6.07, 6.45) is 1.92. The first-order chi connectivity index (χ1) is 11.2. The minimum Gasteiger partial charge on any atom is -0.497 e. The van der Waals surface area contributed by atoms with Gasteiger partial charge in [0.05, 0.1) is 12.5 Å². The second-order valence-electron chi connectivity index (χ2n) is 7.48. The van der Waals surface area contributed by atoms with Crippen LogP contribution in [0.5, 0.6) is 5.75 Å². The summed E-state index contributed by atoms with van der Waals surface area (Å²) in [6, 6.07) is 7.66. The predicted molar refractivity (Wildman–Crippen MR) is 94.0 cm³/mol. The van der Waals surface area contributed by atoms with Crippen molar-refractivity contribution in [3.05, 3.63) is 29.8 Å². The summed E-state index contributed by atoms with van der Waals surface area (Å²) in [4.78, 5) is 27.0. The summed E-state index contributed by atoms with van der Waals surface area (Å²) < 4.78 is 5.24. The van der Waals surface area contributed by atoms with E-state index < -0.39 is 10.8 Å². The van der Waals surface area contributed by atoms with Crippen molar-refractivity contribution in [1.29, 1.82) is 0 Å². The zero-order valence-corrected chi connectivity index (χ0v) is 15.3.